The summed E-state index contributed by atoms with van der Waals surface area (Å²) in [6, 6.07) is 13.6. The summed E-state index contributed by atoms with van der Waals surface area (Å²) in [6.45, 7) is 4.20. The smallest absolute Gasteiger partial charge is 0.258 e. The van der Waals surface area contributed by atoms with E-state index in [1.165, 1.54) is 0 Å². The second-order valence-corrected chi connectivity index (χ2v) is 7.37. The van der Waals surface area contributed by atoms with Crippen LogP contribution in [0.3, 0.4) is 0 Å². The Hall–Kier alpha value is -2.99. The molecule has 2 aromatic heterocycles. The molecule has 0 bridgehead atoms. The number of nitrogens with one attached hydrogen (secondary N) is 1. The standard InChI is InChI=1S/C22H25N5O/c1-16-20(17-10-13-26(2)14-11-17)21(24-22(28)18-7-6-12-23-15-18)25-27(16)19-8-4-3-5-9-19/h3-9,12,15,17H,10-11,13-14H2,1-2H3,(H,24,25,28). The number of hydrogen-bond donors (Lipinski definition) is 1. The van der Waals surface area contributed by atoms with Crippen LogP contribution < -0.4 is 5.32 Å². The Balaban J connectivity index is 1.72. The predicted octanol–water partition coefficient (Wildman–Crippen LogP) is 3.64. The highest BCUT2D eigenvalue weighted by molar-refractivity contribution is 6.04. The molecule has 144 valence electrons. The van der Waals surface area contributed by atoms with Gasteiger partial charge in [-0.3, -0.25) is 9.78 Å². The van der Waals surface area contributed by atoms with Crippen molar-refractivity contribution in [2.45, 2.75) is 25.7 Å². The van der Waals surface area contributed by atoms with Crippen molar-refractivity contribution in [3.63, 3.8) is 0 Å². The first-order valence-corrected chi connectivity index (χ1v) is 9.68. The number of para-hydroxylation sites is 1. The van der Waals surface area contributed by atoms with Crippen molar-refractivity contribution < 1.29 is 4.79 Å². The number of carbonyl (C=O) groups is 1. The van der Waals surface area contributed by atoms with Crippen molar-refractivity contribution in [3.8, 4) is 5.69 Å². The lowest BCUT2D eigenvalue weighted by Crippen LogP contribution is -2.29. The second-order valence-electron chi connectivity index (χ2n) is 7.37. The maximum absolute atomic E-state index is 12.7. The normalized spacial score (nSPS) is 15.5. The van der Waals surface area contributed by atoms with Crippen LogP contribution in [0.5, 0.6) is 0 Å². The van der Waals surface area contributed by atoms with Gasteiger partial charge < -0.3 is 10.2 Å². The molecule has 1 aromatic carbocycles. The van der Waals surface area contributed by atoms with Gasteiger partial charge in [0, 0.05) is 23.7 Å². The molecule has 0 radical (unpaired) electrons. The van der Waals surface area contributed by atoms with Crippen LogP contribution in [-0.4, -0.2) is 45.7 Å². The van der Waals surface area contributed by atoms with Crippen molar-refractivity contribution in [1.29, 1.82) is 0 Å². The van der Waals surface area contributed by atoms with E-state index in [9.17, 15) is 4.79 Å². The van der Waals surface area contributed by atoms with E-state index in [0.717, 1.165) is 42.9 Å². The number of carbonyl (C=O) groups excluding carboxylic acids is 1. The number of benzene rings is 1. The van der Waals surface area contributed by atoms with E-state index in [2.05, 4.69) is 29.2 Å². The minimum atomic E-state index is -0.181. The largest absolute Gasteiger partial charge is 0.306 e. The Bertz CT molecular complexity index is 944. The number of amides is 1. The molecule has 28 heavy (non-hydrogen) atoms. The van der Waals surface area contributed by atoms with Crippen molar-refractivity contribution in [2.75, 3.05) is 25.5 Å². The predicted molar refractivity (Wildman–Crippen MR) is 110 cm³/mol. The molecule has 1 N–H and O–H groups in total. The summed E-state index contributed by atoms with van der Waals surface area (Å²) >= 11 is 0. The van der Waals surface area contributed by atoms with Crippen LogP contribution in [0.15, 0.2) is 54.9 Å². The summed E-state index contributed by atoms with van der Waals surface area (Å²) in [5, 5.41) is 7.83. The van der Waals surface area contributed by atoms with Gasteiger partial charge in [0.2, 0.25) is 0 Å². The highest BCUT2D eigenvalue weighted by atomic mass is 16.1. The van der Waals surface area contributed by atoms with Gasteiger partial charge in [-0.15, -0.1) is 5.10 Å². The van der Waals surface area contributed by atoms with E-state index in [1.54, 1.807) is 24.5 Å². The van der Waals surface area contributed by atoms with Crippen LogP contribution in [0, 0.1) is 6.92 Å². The highest BCUT2D eigenvalue weighted by Gasteiger charge is 2.27. The summed E-state index contributed by atoms with van der Waals surface area (Å²) in [5.74, 6) is 0.864. The molecule has 6 heteroatoms. The molecule has 0 saturated carbocycles. The van der Waals surface area contributed by atoms with Gasteiger partial charge in [0.1, 0.15) is 0 Å². The minimum absolute atomic E-state index is 0.181. The molecule has 1 aliphatic heterocycles. The van der Waals surface area contributed by atoms with Crippen molar-refractivity contribution in [1.82, 2.24) is 19.7 Å². The Kier molecular flexibility index (Phi) is 5.21. The summed E-state index contributed by atoms with van der Waals surface area (Å²) < 4.78 is 1.94. The first-order chi connectivity index (χ1) is 13.6. The van der Waals surface area contributed by atoms with E-state index in [0.29, 0.717) is 17.3 Å². The Morgan fingerprint density at radius 1 is 1.11 bits per heavy atom. The zero-order chi connectivity index (χ0) is 19.5. The number of likely N-dealkylation sites (tertiary alicyclic amines) is 1. The van der Waals surface area contributed by atoms with E-state index in [-0.39, 0.29) is 5.91 Å². The van der Waals surface area contributed by atoms with Crippen LogP contribution >= 0.6 is 0 Å². The van der Waals surface area contributed by atoms with Gasteiger partial charge in [0.25, 0.3) is 5.91 Å². The number of pyridine rings is 1. The lowest BCUT2D eigenvalue weighted by molar-refractivity contribution is 0.102. The maximum Gasteiger partial charge on any atom is 0.258 e. The number of rotatable bonds is 4. The van der Waals surface area contributed by atoms with Gasteiger partial charge in [-0.05, 0) is 70.1 Å². The molecule has 0 unspecified atom stereocenters. The van der Waals surface area contributed by atoms with Gasteiger partial charge in [0.05, 0.1) is 11.3 Å². The van der Waals surface area contributed by atoms with Crippen LogP contribution in [0.1, 0.15) is 40.4 Å². The average Bonchev–Trinajstić information content (AvgIpc) is 3.06. The van der Waals surface area contributed by atoms with Gasteiger partial charge in [-0.25, -0.2) is 4.68 Å². The number of aromatic nitrogens is 3. The van der Waals surface area contributed by atoms with Crippen LogP contribution in [-0.2, 0) is 0 Å². The van der Waals surface area contributed by atoms with Gasteiger partial charge >= 0.3 is 0 Å². The molecule has 1 fully saturated rings. The number of hydrogen-bond acceptors (Lipinski definition) is 4. The van der Waals surface area contributed by atoms with E-state index in [1.807, 2.05) is 35.0 Å². The third kappa shape index (κ3) is 3.68. The van der Waals surface area contributed by atoms with Crippen LogP contribution in [0.25, 0.3) is 5.69 Å². The van der Waals surface area contributed by atoms with Gasteiger partial charge in [-0.1, -0.05) is 18.2 Å². The molecule has 4 rings (SSSR count). The van der Waals surface area contributed by atoms with E-state index >= 15 is 0 Å². The number of anilines is 1. The van der Waals surface area contributed by atoms with Crippen molar-refractivity contribution in [3.05, 3.63) is 71.7 Å². The maximum atomic E-state index is 12.7. The summed E-state index contributed by atoms with van der Waals surface area (Å²) in [7, 11) is 2.15. The average molecular weight is 375 g/mol. The molecule has 0 aliphatic carbocycles. The molecule has 0 spiro atoms. The fourth-order valence-electron chi connectivity index (χ4n) is 3.89. The topological polar surface area (TPSA) is 63.1 Å². The van der Waals surface area contributed by atoms with Crippen LogP contribution in [0.2, 0.25) is 0 Å². The lowest BCUT2D eigenvalue weighted by atomic mass is 9.89. The van der Waals surface area contributed by atoms with E-state index < -0.39 is 0 Å². The van der Waals surface area contributed by atoms with Gasteiger partial charge in [0.15, 0.2) is 5.82 Å². The SMILES string of the molecule is Cc1c(C2CCN(C)CC2)c(NC(=O)c2cccnc2)nn1-c1ccccc1. The second kappa shape index (κ2) is 7.94. The van der Waals surface area contributed by atoms with Crippen molar-refractivity contribution in [2.24, 2.45) is 0 Å². The van der Waals surface area contributed by atoms with Crippen molar-refractivity contribution >= 4 is 11.7 Å². The molecular formula is C22H25N5O. The summed E-state index contributed by atoms with van der Waals surface area (Å²) in [4.78, 5) is 19.1. The number of nitrogens with zero attached hydrogens (tertiary/aromatic N) is 4. The third-order valence-electron chi connectivity index (χ3n) is 5.45. The molecular weight excluding hydrogens is 350 g/mol. The Morgan fingerprint density at radius 2 is 1.86 bits per heavy atom. The fraction of sp³-hybridized carbons (Fsp3) is 0.318. The zero-order valence-electron chi connectivity index (χ0n) is 16.3. The minimum Gasteiger partial charge on any atom is -0.306 e. The molecule has 6 nitrogen and oxygen atoms in total. The van der Waals surface area contributed by atoms with Gasteiger partial charge in [-0.2, -0.15) is 0 Å². The molecule has 3 aromatic rings. The Morgan fingerprint density at radius 3 is 2.54 bits per heavy atom. The molecule has 1 saturated heterocycles. The molecule has 1 aliphatic rings. The quantitative estimate of drug-likeness (QED) is 0.756. The van der Waals surface area contributed by atoms with Crippen LogP contribution in [0.4, 0.5) is 5.82 Å². The first-order valence-electron chi connectivity index (χ1n) is 9.68. The monoisotopic (exact) mass is 375 g/mol. The Labute approximate surface area is 165 Å². The lowest BCUT2D eigenvalue weighted by Gasteiger charge is -2.29. The first kappa shape index (κ1) is 18.4. The molecule has 0 atom stereocenters. The fourth-order valence-corrected chi connectivity index (χ4v) is 3.89. The zero-order valence-corrected chi connectivity index (χ0v) is 16.3. The molecule has 1 amide bonds. The van der Waals surface area contributed by atoms with E-state index in [4.69, 9.17) is 5.10 Å². The summed E-state index contributed by atoms with van der Waals surface area (Å²) in [5.41, 5.74) is 3.76. The molecule has 3 heterocycles. The highest BCUT2D eigenvalue weighted by Crippen LogP contribution is 2.36. The third-order valence-corrected chi connectivity index (χ3v) is 5.45. The summed E-state index contributed by atoms with van der Waals surface area (Å²) in [6.07, 6.45) is 5.36. The number of piperidine rings is 1.